The number of aromatic nitrogens is 2. The maximum absolute atomic E-state index is 13.4. The van der Waals surface area contributed by atoms with Gasteiger partial charge in [0.1, 0.15) is 11.3 Å². The number of fused-ring (bicyclic) bond motifs is 2. The van der Waals surface area contributed by atoms with Gasteiger partial charge < -0.3 is 14.8 Å². The number of carbonyl (C=O) groups is 1. The Morgan fingerprint density at radius 3 is 2.59 bits per heavy atom. The van der Waals surface area contributed by atoms with Crippen LogP contribution in [0.15, 0.2) is 60.7 Å². The first kappa shape index (κ1) is 22.4. The normalized spacial score (nSPS) is 15.5. The lowest BCUT2D eigenvalue weighted by molar-refractivity contribution is 0.0361. The Morgan fingerprint density at radius 1 is 1.03 bits per heavy atom. The summed E-state index contributed by atoms with van der Waals surface area (Å²) in [5.41, 5.74) is 2.35. The summed E-state index contributed by atoms with van der Waals surface area (Å²) in [6.07, 6.45) is 0. The number of amides is 1. The van der Waals surface area contributed by atoms with Crippen LogP contribution in [0.4, 0.5) is 0 Å². The molecular formula is C27H30N4O3. The number of methoxy groups -OCH3 is 1. The van der Waals surface area contributed by atoms with Gasteiger partial charge in [0, 0.05) is 25.0 Å². The minimum atomic E-state index is -0.191. The van der Waals surface area contributed by atoms with E-state index < -0.39 is 0 Å². The highest BCUT2D eigenvalue weighted by molar-refractivity contribution is 6.06. The Morgan fingerprint density at radius 2 is 1.76 bits per heavy atom. The lowest BCUT2D eigenvalue weighted by Crippen LogP contribution is -2.38. The fraction of sp³-hybridized carbons (Fsp3) is 0.333. The molecule has 34 heavy (non-hydrogen) atoms. The number of nitrogens with one attached hydrogen (secondary N) is 1. The number of nitrogens with zero attached hydrogens (tertiary/aromatic N) is 3. The molecule has 3 aromatic carbocycles. The molecule has 2 heterocycles. The molecule has 1 fully saturated rings. The summed E-state index contributed by atoms with van der Waals surface area (Å²) in [5, 5.41) is 11.0. The van der Waals surface area contributed by atoms with Crippen molar-refractivity contribution in [3.8, 4) is 5.75 Å². The quantitative estimate of drug-likeness (QED) is 0.453. The molecule has 1 atom stereocenters. The second-order valence-electron chi connectivity index (χ2n) is 8.65. The largest absolute Gasteiger partial charge is 0.494 e. The van der Waals surface area contributed by atoms with E-state index in [0.29, 0.717) is 18.0 Å². The SMILES string of the molecule is COc1cccc2c(C(=O)NC(C)c3cccc4ccccc34)nn(CCN3CCOCC3)c12. The molecule has 0 saturated carbocycles. The smallest absolute Gasteiger partial charge is 0.272 e. The highest BCUT2D eigenvalue weighted by Gasteiger charge is 2.22. The zero-order valence-corrected chi connectivity index (χ0v) is 19.7. The molecule has 1 aliphatic heterocycles. The predicted molar refractivity (Wildman–Crippen MR) is 133 cm³/mol. The molecule has 1 saturated heterocycles. The molecule has 0 aliphatic carbocycles. The maximum atomic E-state index is 13.4. The van der Waals surface area contributed by atoms with Crippen molar-refractivity contribution in [1.82, 2.24) is 20.0 Å². The molecule has 1 amide bonds. The minimum Gasteiger partial charge on any atom is -0.494 e. The van der Waals surface area contributed by atoms with E-state index in [1.165, 1.54) is 0 Å². The van der Waals surface area contributed by atoms with Crippen LogP contribution in [0.5, 0.6) is 5.75 Å². The zero-order chi connectivity index (χ0) is 23.5. The van der Waals surface area contributed by atoms with Gasteiger partial charge in [0.15, 0.2) is 5.69 Å². The lowest BCUT2D eigenvalue weighted by atomic mass is 9.99. The molecular weight excluding hydrogens is 428 g/mol. The molecule has 176 valence electrons. The van der Waals surface area contributed by atoms with Crippen LogP contribution in [-0.2, 0) is 11.3 Å². The van der Waals surface area contributed by atoms with Crippen LogP contribution in [0, 0.1) is 0 Å². The predicted octanol–water partition coefficient (Wildman–Crippen LogP) is 4.02. The van der Waals surface area contributed by atoms with E-state index in [4.69, 9.17) is 14.6 Å². The van der Waals surface area contributed by atoms with Crippen LogP contribution in [0.25, 0.3) is 21.7 Å². The Bertz CT molecular complexity index is 1300. The van der Waals surface area contributed by atoms with Gasteiger partial charge in [-0.2, -0.15) is 5.10 Å². The molecule has 4 aromatic rings. The van der Waals surface area contributed by atoms with Gasteiger partial charge in [-0.1, -0.05) is 54.6 Å². The summed E-state index contributed by atoms with van der Waals surface area (Å²) >= 11 is 0. The van der Waals surface area contributed by atoms with Crippen molar-refractivity contribution in [2.75, 3.05) is 40.0 Å². The number of benzene rings is 3. The second-order valence-corrected chi connectivity index (χ2v) is 8.65. The van der Waals surface area contributed by atoms with E-state index in [-0.39, 0.29) is 11.9 Å². The summed E-state index contributed by atoms with van der Waals surface area (Å²) in [7, 11) is 1.65. The average Bonchev–Trinajstić information content (AvgIpc) is 3.27. The number of para-hydroxylation sites is 1. The Labute approximate surface area is 199 Å². The third-order valence-corrected chi connectivity index (χ3v) is 6.54. The summed E-state index contributed by atoms with van der Waals surface area (Å²) in [6, 6.07) is 20.0. The van der Waals surface area contributed by atoms with Gasteiger partial charge in [-0.3, -0.25) is 14.4 Å². The second kappa shape index (κ2) is 9.83. The van der Waals surface area contributed by atoms with Crippen molar-refractivity contribution in [1.29, 1.82) is 0 Å². The number of morpholine rings is 1. The van der Waals surface area contributed by atoms with Crippen LogP contribution in [0.2, 0.25) is 0 Å². The van der Waals surface area contributed by atoms with Crippen LogP contribution >= 0.6 is 0 Å². The standard InChI is InChI=1S/C27H30N4O3/c1-19(21-10-5-8-20-7-3-4-9-22(20)21)28-27(32)25-23-11-6-12-24(33-2)26(23)31(29-25)14-13-30-15-17-34-18-16-30/h3-12,19H,13-18H2,1-2H3,(H,28,32). The van der Waals surface area contributed by atoms with Crippen molar-refractivity contribution in [3.05, 3.63) is 71.9 Å². The van der Waals surface area contributed by atoms with Gasteiger partial charge in [0.2, 0.25) is 0 Å². The van der Waals surface area contributed by atoms with Crippen LogP contribution in [0.3, 0.4) is 0 Å². The summed E-state index contributed by atoms with van der Waals surface area (Å²) in [5.74, 6) is 0.525. The van der Waals surface area contributed by atoms with Gasteiger partial charge in [0.25, 0.3) is 5.91 Å². The summed E-state index contributed by atoms with van der Waals surface area (Å²) in [4.78, 5) is 15.8. The van der Waals surface area contributed by atoms with E-state index in [2.05, 4.69) is 34.5 Å². The number of rotatable bonds is 7. The molecule has 7 heteroatoms. The van der Waals surface area contributed by atoms with Crippen LogP contribution < -0.4 is 10.1 Å². The molecule has 1 aromatic heterocycles. The van der Waals surface area contributed by atoms with Crippen molar-refractivity contribution >= 4 is 27.6 Å². The monoisotopic (exact) mass is 458 g/mol. The molecule has 1 aliphatic rings. The topological polar surface area (TPSA) is 68.6 Å². The lowest BCUT2D eigenvalue weighted by Gasteiger charge is -2.26. The van der Waals surface area contributed by atoms with Crippen LogP contribution in [0.1, 0.15) is 29.0 Å². The van der Waals surface area contributed by atoms with Crippen molar-refractivity contribution in [2.24, 2.45) is 0 Å². The minimum absolute atomic E-state index is 0.169. The van der Waals surface area contributed by atoms with Gasteiger partial charge in [-0.05, 0) is 29.3 Å². The highest BCUT2D eigenvalue weighted by atomic mass is 16.5. The molecule has 1 unspecified atom stereocenters. The van der Waals surface area contributed by atoms with E-state index >= 15 is 0 Å². The van der Waals surface area contributed by atoms with E-state index in [1.54, 1.807) is 7.11 Å². The number of carbonyl (C=O) groups excluding carboxylic acids is 1. The van der Waals surface area contributed by atoms with E-state index in [9.17, 15) is 4.79 Å². The Hall–Kier alpha value is -3.42. The van der Waals surface area contributed by atoms with Gasteiger partial charge in [-0.15, -0.1) is 0 Å². The molecule has 1 N–H and O–H groups in total. The van der Waals surface area contributed by atoms with Crippen molar-refractivity contribution in [3.63, 3.8) is 0 Å². The zero-order valence-electron chi connectivity index (χ0n) is 19.7. The Balaban J connectivity index is 1.43. The van der Waals surface area contributed by atoms with Crippen molar-refractivity contribution in [2.45, 2.75) is 19.5 Å². The first-order valence-electron chi connectivity index (χ1n) is 11.8. The average molecular weight is 459 g/mol. The molecule has 0 radical (unpaired) electrons. The fourth-order valence-electron chi connectivity index (χ4n) is 4.73. The van der Waals surface area contributed by atoms with Crippen LogP contribution in [-0.4, -0.2) is 60.5 Å². The number of hydrogen-bond donors (Lipinski definition) is 1. The summed E-state index contributed by atoms with van der Waals surface area (Å²) in [6.45, 7) is 6.84. The number of ether oxygens (including phenoxy) is 2. The van der Waals surface area contributed by atoms with E-state index in [0.717, 1.165) is 60.1 Å². The third kappa shape index (κ3) is 4.36. The third-order valence-electron chi connectivity index (χ3n) is 6.54. The Kier molecular flexibility index (Phi) is 6.47. The van der Waals surface area contributed by atoms with Gasteiger partial charge >= 0.3 is 0 Å². The molecule has 0 spiro atoms. The van der Waals surface area contributed by atoms with Gasteiger partial charge in [-0.25, -0.2) is 0 Å². The van der Waals surface area contributed by atoms with Gasteiger partial charge in [0.05, 0.1) is 32.9 Å². The first-order chi connectivity index (χ1) is 16.7. The highest BCUT2D eigenvalue weighted by Crippen LogP contribution is 2.29. The number of hydrogen-bond acceptors (Lipinski definition) is 5. The molecule has 0 bridgehead atoms. The van der Waals surface area contributed by atoms with E-state index in [1.807, 2.05) is 48.0 Å². The summed E-state index contributed by atoms with van der Waals surface area (Å²) < 4.78 is 13.0. The molecule has 5 rings (SSSR count). The first-order valence-corrected chi connectivity index (χ1v) is 11.8. The molecule has 7 nitrogen and oxygen atoms in total. The maximum Gasteiger partial charge on any atom is 0.272 e. The van der Waals surface area contributed by atoms with Crippen molar-refractivity contribution < 1.29 is 14.3 Å². The fourth-order valence-corrected chi connectivity index (χ4v) is 4.73.